The molecule has 0 saturated carbocycles. The molecule has 0 bridgehead atoms. The quantitative estimate of drug-likeness (QED) is 0.544. The number of benzene rings is 2. The van der Waals surface area contributed by atoms with E-state index >= 15 is 0 Å². The van der Waals surface area contributed by atoms with Gasteiger partial charge in [0.25, 0.3) is 5.91 Å². The predicted molar refractivity (Wildman–Crippen MR) is 118 cm³/mol. The van der Waals surface area contributed by atoms with Gasteiger partial charge in [-0.3, -0.25) is 4.79 Å². The highest BCUT2D eigenvalue weighted by molar-refractivity contribution is 6.32. The third kappa shape index (κ3) is 4.89. The largest absolute Gasteiger partial charge is 0.437 e. The van der Waals surface area contributed by atoms with E-state index in [-0.39, 0.29) is 17.0 Å². The standard InChI is InChI=1S/C22H19Cl2FN4O2/c1-14-12-28(8-9-29(14)22(30)15-2-4-16(23)5-3-15)20-11-21(27-13-26-20)31-19-7-6-17(25)10-18(19)24/h2-7,10-11,13-14H,8-9,12H2,1H3. The Morgan fingerprint density at radius 3 is 2.58 bits per heavy atom. The van der Waals surface area contributed by atoms with Crippen molar-refractivity contribution in [3.8, 4) is 11.6 Å². The summed E-state index contributed by atoms with van der Waals surface area (Å²) in [6.45, 7) is 3.76. The van der Waals surface area contributed by atoms with Gasteiger partial charge < -0.3 is 14.5 Å². The number of carbonyl (C=O) groups excluding carboxylic acids is 1. The fourth-order valence-electron chi connectivity index (χ4n) is 3.45. The van der Waals surface area contributed by atoms with E-state index in [0.29, 0.717) is 47.7 Å². The fraction of sp³-hybridized carbons (Fsp3) is 0.227. The molecule has 4 rings (SSSR count). The van der Waals surface area contributed by atoms with E-state index in [9.17, 15) is 9.18 Å². The molecule has 0 aliphatic carbocycles. The highest BCUT2D eigenvalue weighted by atomic mass is 35.5. The zero-order valence-corrected chi connectivity index (χ0v) is 18.1. The molecule has 0 radical (unpaired) electrons. The second-order valence-corrected chi connectivity index (χ2v) is 8.04. The van der Waals surface area contributed by atoms with Gasteiger partial charge in [-0.05, 0) is 49.4 Å². The summed E-state index contributed by atoms with van der Waals surface area (Å²) in [4.78, 5) is 25.2. The van der Waals surface area contributed by atoms with Crippen LogP contribution in [0, 0.1) is 5.82 Å². The smallest absolute Gasteiger partial charge is 0.254 e. The van der Waals surface area contributed by atoms with Gasteiger partial charge >= 0.3 is 0 Å². The van der Waals surface area contributed by atoms with Crippen molar-refractivity contribution >= 4 is 34.9 Å². The van der Waals surface area contributed by atoms with Crippen LogP contribution in [0.3, 0.4) is 0 Å². The van der Waals surface area contributed by atoms with Gasteiger partial charge in [-0.2, -0.15) is 0 Å². The van der Waals surface area contributed by atoms with Crippen LogP contribution in [0.25, 0.3) is 0 Å². The van der Waals surface area contributed by atoms with Crippen molar-refractivity contribution in [3.05, 3.63) is 76.3 Å². The lowest BCUT2D eigenvalue weighted by atomic mass is 10.1. The first kappa shape index (κ1) is 21.3. The van der Waals surface area contributed by atoms with Crippen LogP contribution in [0.2, 0.25) is 10.0 Å². The maximum absolute atomic E-state index is 13.2. The van der Waals surface area contributed by atoms with Crippen molar-refractivity contribution in [3.63, 3.8) is 0 Å². The molecule has 1 aliphatic heterocycles. The van der Waals surface area contributed by atoms with Gasteiger partial charge in [0.1, 0.15) is 23.7 Å². The van der Waals surface area contributed by atoms with Crippen molar-refractivity contribution in [2.75, 3.05) is 24.5 Å². The number of rotatable bonds is 4. The molecule has 9 heteroatoms. The van der Waals surface area contributed by atoms with Crippen LogP contribution in [0.1, 0.15) is 17.3 Å². The van der Waals surface area contributed by atoms with E-state index in [2.05, 4.69) is 14.9 Å². The van der Waals surface area contributed by atoms with E-state index in [0.717, 1.165) is 0 Å². The van der Waals surface area contributed by atoms with E-state index in [1.54, 1.807) is 30.3 Å². The normalized spacial score (nSPS) is 16.3. The van der Waals surface area contributed by atoms with Crippen molar-refractivity contribution < 1.29 is 13.9 Å². The molecule has 1 amide bonds. The average molecular weight is 461 g/mol. The molecule has 1 saturated heterocycles. The van der Waals surface area contributed by atoms with Crippen LogP contribution in [-0.2, 0) is 0 Å². The lowest BCUT2D eigenvalue weighted by Gasteiger charge is -2.40. The van der Waals surface area contributed by atoms with Crippen LogP contribution < -0.4 is 9.64 Å². The SMILES string of the molecule is CC1CN(c2cc(Oc3ccc(F)cc3Cl)ncn2)CCN1C(=O)c1ccc(Cl)cc1. The van der Waals surface area contributed by atoms with Crippen LogP contribution in [0.4, 0.5) is 10.2 Å². The molecule has 2 aromatic carbocycles. The molecular weight excluding hydrogens is 442 g/mol. The van der Waals surface area contributed by atoms with Crippen molar-refractivity contribution in [2.24, 2.45) is 0 Å². The maximum atomic E-state index is 13.2. The molecule has 6 nitrogen and oxygen atoms in total. The highest BCUT2D eigenvalue weighted by Crippen LogP contribution is 2.30. The first-order valence-electron chi connectivity index (χ1n) is 9.67. The summed E-state index contributed by atoms with van der Waals surface area (Å²) < 4.78 is 18.9. The Hall–Kier alpha value is -2.90. The van der Waals surface area contributed by atoms with Gasteiger partial charge in [0.2, 0.25) is 5.88 Å². The summed E-state index contributed by atoms with van der Waals surface area (Å²) in [7, 11) is 0. The summed E-state index contributed by atoms with van der Waals surface area (Å²) in [5.74, 6) is 0.807. The lowest BCUT2D eigenvalue weighted by Crippen LogP contribution is -2.54. The first-order chi connectivity index (χ1) is 14.9. The summed E-state index contributed by atoms with van der Waals surface area (Å²) in [6.07, 6.45) is 1.40. The van der Waals surface area contributed by atoms with Gasteiger partial charge in [0, 0.05) is 42.3 Å². The molecule has 1 atom stereocenters. The fourth-order valence-corrected chi connectivity index (χ4v) is 3.79. The van der Waals surface area contributed by atoms with E-state index in [1.807, 2.05) is 11.8 Å². The number of nitrogens with zero attached hydrogens (tertiary/aromatic N) is 4. The number of anilines is 1. The third-order valence-electron chi connectivity index (χ3n) is 5.04. The molecule has 0 N–H and O–H groups in total. The van der Waals surface area contributed by atoms with Crippen LogP contribution in [0.5, 0.6) is 11.6 Å². The summed E-state index contributed by atoms with van der Waals surface area (Å²) in [5, 5.41) is 0.751. The van der Waals surface area contributed by atoms with Crippen molar-refractivity contribution in [1.29, 1.82) is 0 Å². The zero-order chi connectivity index (χ0) is 22.0. The second kappa shape index (κ2) is 9.08. The Bertz CT molecular complexity index is 1100. The summed E-state index contributed by atoms with van der Waals surface area (Å²) in [6, 6.07) is 12.5. The number of ether oxygens (including phenoxy) is 1. The van der Waals surface area contributed by atoms with Crippen molar-refractivity contribution in [2.45, 2.75) is 13.0 Å². The Balaban J connectivity index is 1.45. The monoisotopic (exact) mass is 460 g/mol. The van der Waals surface area contributed by atoms with Gasteiger partial charge in [-0.15, -0.1) is 0 Å². The Morgan fingerprint density at radius 2 is 1.87 bits per heavy atom. The molecule has 3 aromatic rings. The number of halogens is 3. The minimum atomic E-state index is -0.444. The number of amides is 1. The van der Waals surface area contributed by atoms with E-state index < -0.39 is 5.82 Å². The molecule has 160 valence electrons. The van der Waals surface area contributed by atoms with Crippen molar-refractivity contribution in [1.82, 2.24) is 14.9 Å². The number of hydrogen-bond donors (Lipinski definition) is 0. The van der Waals surface area contributed by atoms with E-state index in [1.165, 1.54) is 24.5 Å². The van der Waals surface area contributed by atoms with Crippen LogP contribution in [0.15, 0.2) is 54.9 Å². The Kier molecular flexibility index (Phi) is 6.25. The summed E-state index contributed by atoms with van der Waals surface area (Å²) >= 11 is 11.9. The average Bonchev–Trinajstić information content (AvgIpc) is 2.76. The first-order valence-corrected chi connectivity index (χ1v) is 10.4. The molecule has 0 spiro atoms. The number of hydrogen-bond acceptors (Lipinski definition) is 5. The van der Waals surface area contributed by atoms with Crippen LogP contribution >= 0.6 is 23.2 Å². The van der Waals surface area contributed by atoms with Gasteiger partial charge in [-0.1, -0.05) is 23.2 Å². The molecule has 1 unspecified atom stereocenters. The van der Waals surface area contributed by atoms with Gasteiger partial charge in [-0.25, -0.2) is 14.4 Å². The molecule has 2 heterocycles. The minimum Gasteiger partial charge on any atom is -0.437 e. The Labute approximate surface area is 189 Å². The highest BCUT2D eigenvalue weighted by Gasteiger charge is 2.29. The molecule has 31 heavy (non-hydrogen) atoms. The molecule has 1 aromatic heterocycles. The van der Waals surface area contributed by atoms with Crippen LogP contribution in [-0.4, -0.2) is 46.5 Å². The topological polar surface area (TPSA) is 58.6 Å². The molecule has 1 fully saturated rings. The van der Waals surface area contributed by atoms with Gasteiger partial charge in [0.05, 0.1) is 5.02 Å². The molecular formula is C22H19Cl2FN4O2. The predicted octanol–water partition coefficient (Wildman–Crippen LogP) is 5.07. The number of aromatic nitrogens is 2. The Morgan fingerprint density at radius 1 is 1.10 bits per heavy atom. The van der Waals surface area contributed by atoms with E-state index in [4.69, 9.17) is 27.9 Å². The van der Waals surface area contributed by atoms with Gasteiger partial charge in [0.15, 0.2) is 0 Å². The number of piperazine rings is 1. The summed E-state index contributed by atoms with van der Waals surface area (Å²) in [5.41, 5.74) is 0.610. The second-order valence-electron chi connectivity index (χ2n) is 7.19. The lowest BCUT2D eigenvalue weighted by molar-refractivity contribution is 0.0673. The number of carbonyl (C=O) groups is 1. The minimum absolute atomic E-state index is 0.0252. The molecule has 1 aliphatic rings. The maximum Gasteiger partial charge on any atom is 0.254 e. The zero-order valence-electron chi connectivity index (χ0n) is 16.6. The third-order valence-corrected chi connectivity index (χ3v) is 5.59.